The van der Waals surface area contributed by atoms with Crippen LogP contribution in [0.2, 0.25) is 0 Å². The lowest BCUT2D eigenvalue weighted by atomic mass is 10.00. The summed E-state index contributed by atoms with van der Waals surface area (Å²) in [5.74, 6) is 3.48. The predicted molar refractivity (Wildman–Crippen MR) is 288 cm³/mol. The van der Waals surface area contributed by atoms with E-state index in [9.17, 15) is 0 Å². The van der Waals surface area contributed by atoms with Crippen LogP contribution in [-0.4, -0.2) is 155 Å². The molecule has 7 aliphatic heterocycles. The molecule has 0 aromatic heterocycles. The first-order valence-electron chi connectivity index (χ1n) is 22.1. The van der Waals surface area contributed by atoms with Gasteiger partial charge in [0.15, 0.2) is 0 Å². The van der Waals surface area contributed by atoms with Gasteiger partial charge < -0.3 is 34.3 Å². The maximum absolute atomic E-state index is 2.43. The fourth-order valence-corrected chi connectivity index (χ4v) is 7.35. The van der Waals surface area contributed by atoms with Gasteiger partial charge in [0.25, 0.3) is 0 Å². The first kappa shape index (κ1) is 73.7. The highest BCUT2D eigenvalue weighted by Crippen LogP contribution is 2.16. The zero-order valence-corrected chi connectivity index (χ0v) is 38.6. The van der Waals surface area contributed by atoms with E-state index in [2.05, 4.69) is 163 Å². The quantitative estimate of drug-likeness (QED) is 0.239. The standard InChI is InChI=1S/C7H15N.2C7H11N.2C7H15N.2C6H13N.7CH4/c3*1-7-3-5-8(2)6-4-7;1-7-4-3-5-8(2)6-7;1-7-5-3-4-6-8(7)2;1-6-3-4-7(2)5-6;1-6-4-3-5-7(6)2;;;;;;;/h7H,3-6H2,1-2H3;3-5H,6H2,1-2H3;3-7H,1-2H3;2*7H,3-6H2,1-2H3;2*6H,3-5H2,1-2H3;7*1H4. The van der Waals surface area contributed by atoms with Gasteiger partial charge in [0.2, 0.25) is 0 Å². The Hall–Kier alpha value is -1.64. The van der Waals surface area contributed by atoms with Crippen LogP contribution in [0.4, 0.5) is 0 Å². The molecule has 7 aliphatic rings. The van der Waals surface area contributed by atoms with Crippen molar-refractivity contribution in [1.29, 1.82) is 0 Å². The topological polar surface area (TPSA) is 22.7 Å². The van der Waals surface area contributed by atoms with E-state index in [1.807, 2.05) is 11.9 Å². The lowest BCUT2D eigenvalue weighted by molar-refractivity contribution is 0.200. The summed E-state index contributed by atoms with van der Waals surface area (Å²) < 4.78 is 0. The highest BCUT2D eigenvalue weighted by Gasteiger charge is 2.15. The van der Waals surface area contributed by atoms with Crippen LogP contribution in [0.1, 0.15) is 165 Å². The highest BCUT2D eigenvalue weighted by atomic mass is 15.1. The van der Waals surface area contributed by atoms with Crippen molar-refractivity contribution in [2.75, 3.05) is 108 Å². The summed E-state index contributed by atoms with van der Waals surface area (Å²) in [6.07, 6.45) is 29.0. The Morgan fingerprint density at radius 2 is 0.869 bits per heavy atom. The van der Waals surface area contributed by atoms with Crippen LogP contribution < -0.4 is 0 Å². The summed E-state index contributed by atoms with van der Waals surface area (Å²) in [5.41, 5.74) is 1.36. The van der Waals surface area contributed by atoms with E-state index in [1.54, 1.807) is 0 Å². The molecule has 0 aliphatic carbocycles. The van der Waals surface area contributed by atoms with Gasteiger partial charge in [-0.05, 0) is 201 Å². The number of nitrogens with zero attached hydrogens (tertiary/aromatic N) is 7. The van der Waals surface area contributed by atoms with Crippen LogP contribution in [0.3, 0.4) is 0 Å². The average molecular weight is 869 g/mol. The Balaban J connectivity index is -0.000000110. The van der Waals surface area contributed by atoms with E-state index in [-0.39, 0.29) is 52.0 Å². The normalized spacial score (nSPS) is 25.0. The third-order valence-corrected chi connectivity index (χ3v) is 12.1. The number of piperidine rings is 3. The van der Waals surface area contributed by atoms with Crippen molar-refractivity contribution in [3.63, 3.8) is 0 Å². The maximum Gasteiger partial charge on any atom is 0.0356 e. The predicted octanol–water partition coefficient (Wildman–Crippen LogP) is 13.7. The molecule has 7 nitrogen and oxygen atoms in total. The van der Waals surface area contributed by atoms with E-state index in [1.165, 1.54) is 122 Å². The third kappa shape index (κ3) is 39.7. The highest BCUT2D eigenvalue weighted by molar-refractivity contribution is 5.19. The molecule has 7 heteroatoms. The van der Waals surface area contributed by atoms with E-state index >= 15 is 0 Å². The molecule has 0 N–H and O–H groups in total. The molecule has 0 amide bonds. The van der Waals surface area contributed by atoms with Crippen LogP contribution in [0.25, 0.3) is 0 Å². The Morgan fingerprint density at radius 1 is 0.443 bits per heavy atom. The minimum atomic E-state index is 0. The van der Waals surface area contributed by atoms with E-state index < -0.39 is 0 Å². The van der Waals surface area contributed by atoms with Crippen molar-refractivity contribution >= 4 is 0 Å². The van der Waals surface area contributed by atoms with Crippen molar-refractivity contribution < 1.29 is 0 Å². The zero-order chi connectivity index (χ0) is 40.5. The van der Waals surface area contributed by atoms with Gasteiger partial charge in [-0.3, -0.25) is 0 Å². The van der Waals surface area contributed by atoms with E-state index in [0.29, 0.717) is 5.92 Å². The number of likely N-dealkylation sites (tertiary alicyclic amines) is 5. The summed E-state index contributed by atoms with van der Waals surface area (Å²) >= 11 is 0. The van der Waals surface area contributed by atoms with Gasteiger partial charge in [0.1, 0.15) is 0 Å². The Morgan fingerprint density at radius 3 is 1.15 bits per heavy atom. The number of likely N-dealkylation sites (N-methyl/N-ethyl adjacent to an activating group) is 1. The summed E-state index contributed by atoms with van der Waals surface area (Å²) in [6, 6.07) is 1.68. The van der Waals surface area contributed by atoms with Gasteiger partial charge in [-0.15, -0.1) is 0 Å². The molecule has 0 aromatic carbocycles. The van der Waals surface area contributed by atoms with Gasteiger partial charge in [-0.1, -0.05) is 110 Å². The maximum atomic E-state index is 2.43. The Bertz CT molecular complexity index is 960. The zero-order valence-electron chi connectivity index (χ0n) is 38.6. The molecule has 7 heterocycles. The minimum absolute atomic E-state index is 0. The molecule has 5 saturated heterocycles. The largest absolute Gasteiger partial charge is 0.377 e. The van der Waals surface area contributed by atoms with Gasteiger partial charge in [-0.25, -0.2) is 0 Å². The number of rotatable bonds is 0. The first-order chi connectivity index (χ1) is 25.5. The van der Waals surface area contributed by atoms with Gasteiger partial charge >= 0.3 is 0 Å². The monoisotopic (exact) mass is 868 g/mol. The van der Waals surface area contributed by atoms with Gasteiger partial charge in [-0.2, -0.15) is 0 Å². The fraction of sp³-hybridized carbons (Fsp3) is 0.852. The van der Waals surface area contributed by atoms with Crippen LogP contribution in [0.15, 0.2) is 48.5 Å². The molecule has 0 bridgehead atoms. The molecule has 0 spiro atoms. The van der Waals surface area contributed by atoms with Crippen LogP contribution >= 0.6 is 0 Å². The Labute approximate surface area is 390 Å². The molecule has 0 aromatic rings. The van der Waals surface area contributed by atoms with Crippen LogP contribution in [-0.2, 0) is 0 Å². The third-order valence-electron chi connectivity index (χ3n) is 12.1. The summed E-state index contributed by atoms with van der Waals surface area (Å²) in [5, 5.41) is 0. The van der Waals surface area contributed by atoms with Crippen molar-refractivity contribution in [3.05, 3.63) is 48.5 Å². The smallest absolute Gasteiger partial charge is 0.0356 e. The molecule has 4 atom stereocenters. The van der Waals surface area contributed by atoms with Crippen molar-refractivity contribution in [1.82, 2.24) is 34.3 Å². The molecular weight excluding hydrogens is 747 g/mol. The molecule has 0 saturated carbocycles. The van der Waals surface area contributed by atoms with Crippen molar-refractivity contribution in [3.8, 4) is 0 Å². The number of hydrogen-bond donors (Lipinski definition) is 0. The van der Waals surface area contributed by atoms with Crippen LogP contribution in [0.5, 0.6) is 0 Å². The lowest BCUT2D eigenvalue weighted by Crippen LogP contribution is -2.33. The fourth-order valence-electron chi connectivity index (χ4n) is 7.35. The minimum Gasteiger partial charge on any atom is -0.377 e. The SMILES string of the molecule is C.C.C.C.C.C.C.CC1=CCN(C)C=C1.CC1C=CN(C)C=C1.CC1CCCCN1C.CC1CCCN(C)C1.CC1CCCN1C.CC1CCN(C)C1.CC1CCN(C)CC1. The van der Waals surface area contributed by atoms with Crippen molar-refractivity contribution in [2.24, 2.45) is 23.7 Å². The average Bonchev–Trinajstić information content (AvgIpc) is 3.72. The summed E-state index contributed by atoms with van der Waals surface area (Å²) in [4.78, 5) is 16.2. The molecule has 7 rings (SSSR count). The van der Waals surface area contributed by atoms with Gasteiger partial charge in [0, 0.05) is 45.8 Å². The van der Waals surface area contributed by atoms with E-state index in [4.69, 9.17) is 0 Å². The molecular formula is C54H121N7. The molecule has 4 unspecified atom stereocenters. The van der Waals surface area contributed by atoms with E-state index in [0.717, 1.165) is 36.4 Å². The molecule has 372 valence electrons. The lowest BCUT2D eigenvalue weighted by Gasteiger charge is -2.29. The number of allylic oxidation sites excluding steroid dienone is 4. The van der Waals surface area contributed by atoms with Crippen molar-refractivity contribution in [2.45, 2.75) is 177 Å². The second kappa shape index (κ2) is 43.6. The molecule has 61 heavy (non-hydrogen) atoms. The second-order valence-corrected chi connectivity index (χ2v) is 18.4. The molecule has 5 fully saturated rings. The number of hydrogen-bond acceptors (Lipinski definition) is 7. The summed E-state index contributed by atoms with van der Waals surface area (Å²) in [7, 11) is 15.1. The molecule has 0 radical (unpaired) electrons. The van der Waals surface area contributed by atoms with Crippen LogP contribution in [0, 0.1) is 23.7 Å². The van der Waals surface area contributed by atoms with Gasteiger partial charge in [0.05, 0.1) is 0 Å². The summed E-state index contributed by atoms with van der Waals surface area (Å²) in [6.45, 7) is 27.4. The first-order valence-corrected chi connectivity index (χ1v) is 22.1. The Kier molecular flexibility index (Phi) is 52.7. The second-order valence-electron chi connectivity index (χ2n) is 18.4.